The minimum Gasteiger partial charge on any atom is -0.370 e. The fourth-order valence-corrected chi connectivity index (χ4v) is 3.12. The van der Waals surface area contributed by atoms with E-state index in [0.717, 1.165) is 24.1 Å². The van der Waals surface area contributed by atoms with Crippen molar-refractivity contribution in [3.63, 3.8) is 0 Å². The van der Waals surface area contributed by atoms with E-state index in [2.05, 4.69) is 31.7 Å². The number of benzene rings is 2. The van der Waals surface area contributed by atoms with E-state index in [4.69, 9.17) is 0 Å². The third-order valence-electron chi connectivity index (χ3n) is 4.51. The maximum atomic E-state index is 13.9. The minimum atomic E-state index is -1.54. The number of hydrogen-bond acceptors (Lipinski definition) is 4. The summed E-state index contributed by atoms with van der Waals surface area (Å²) in [7, 11) is 0. The Morgan fingerprint density at radius 1 is 1.00 bits per heavy atom. The van der Waals surface area contributed by atoms with E-state index in [-0.39, 0.29) is 11.6 Å². The summed E-state index contributed by atoms with van der Waals surface area (Å²) >= 11 is 0. The van der Waals surface area contributed by atoms with Gasteiger partial charge in [0.1, 0.15) is 5.82 Å². The van der Waals surface area contributed by atoms with Gasteiger partial charge in [-0.05, 0) is 37.1 Å². The van der Waals surface area contributed by atoms with Crippen LogP contribution < -0.4 is 10.6 Å². The van der Waals surface area contributed by atoms with Crippen LogP contribution in [0, 0.1) is 24.4 Å². The van der Waals surface area contributed by atoms with E-state index in [0.29, 0.717) is 18.1 Å². The average molecular weight is 397 g/mol. The maximum absolute atomic E-state index is 13.9. The third-order valence-corrected chi connectivity index (χ3v) is 4.51. The Morgan fingerprint density at radius 2 is 1.83 bits per heavy atom. The van der Waals surface area contributed by atoms with Crippen LogP contribution in [0.15, 0.2) is 48.7 Å². The quantitative estimate of drug-likeness (QED) is 0.397. The number of rotatable bonds is 6. The minimum absolute atomic E-state index is 0.0875. The van der Waals surface area contributed by atoms with Gasteiger partial charge in [-0.3, -0.25) is 0 Å². The van der Waals surface area contributed by atoms with Crippen molar-refractivity contribution < 1.29 is 13.2 Å². The summed E-state index contributed by atoms with van der Waals surface area (Å²) in [5.74, 6) is -3.48. The highest BCUT2D eigenvalue weighted by molar-refractivity contribution is 5.83. The molecule has 0 radical (unpaired) electrons. The molecule has 0 amide bonds. The summed E-state index contributed by atoms with van der Waals surface area (Å²) in [6.45, 7) is 2.39. The zero-order valence-corrected chi connectivity index (χ0v) is 15.6. The molecule has 0 aliphatic rings. The number of halogens is 3. The molecule has 4 rings (SSSR count). The van der Waals surface area contributed by atoms with Gasteiger partial charge in [-0.15, -0.1) is 0 Å². The lowest BCUT2D eigenvalue weighted by Gasteiger charge is -2.11. The number of hydrogen-bond donors (Lipinski definition) is 3. The topological polar surface area (TPSA) is 65.6 Å². The number of para-hydroxylation sites is 1. The average Bonchev–Trinajstić information content (AvgIpc) is 3.11. The van der Waals surface area contributed by atoms with E-state index in [1.54, 1.807) is 13.0 Å². The van der Waals surface area contributed by atoms with Crippen molar-refractivity contribution in [3.05, 3.63) is 77.4 Å². The molecule has 29 heavy (non-hydrogen) atoms. The number of aromatic amines is 1. The van der Waals surface area contributed by atoms with Gasteiger partial charge in [0.05, 0.1) is 5.69 Å². The Labute approximate surface area is 165 Å². The van der Waals surface area contributed by atoms with Crippen LogP contribution in [0.4, 0.5) is 30.6 Å². The fraction of sp³-hybridized carbons (Fsp3) is 0.143. The first-order chi connectivity index (χ1) is 14.0. The lowest BCUT2D eigenvalue weighted by atomic mass is 10.1. The van der Waals surface area contributed by atoms with Crippen LogP contribution in [-0.2, 0) is 6.42 Å². The van der Waals surface area contributed by atoms with Crippen molar-refractivity contribution in [1.29, 1.82) is 0 Å². The summed E-state index contributed by atoms with van der Waals surface area (Å²) in [5, 5.41) is 6.99. The Kier molecular flexibility index (Phi) is 5.07. The summed E-state index contributed by atoms with van der Waals surface area (Å²) in [4.78, 5) is 11.7. The lowest BCUT2D eigenvalue weighted by Crippen LogP contribution is -2.09. The van der Waals surface area contributed by atoms with Gasteiger partial charge in [0, 0.05) is 35.4 Å². The van der Waals surface area contributed by atoms with Gasteiger partial charge < -0.3 is 15.6 Å². The van der Waals surface area contributed by atoms with Gasteiger partial charge in [0.2, 0.25) is 5.95 Å². The monoisotopic (exact) mass is 397 g/mol. The second kappa shape index (κ2) is 7.83. The van der Waals surface area contributed by atoms with Crippen molar-refractivity contribution in [2.75, 3.05) is 17.2 Å². The normalized spacial score (nSPS) is 11.0. The predicted octanol–water partition coefficient (Wildman–Crippen LogP) is 5.08. The van der Waals surface area contributed by atoms with Crippen molar-refractivity contribution in [2.24, 2.45) is 0 Å². The zero-order valence-electron chi connectivity index (χ0n) is 15.6. The van der Waals surface area contributed by atoms with Gasteiger partial charge in [0.15, 0.2) is 17.5 Å². The predicted molar refractivity (Wildman–Crippen MR) is 107 cm³/mol. The summed E-state index contributed by atoms with van der Waals surface area (Å²) in [6, 6.07) is 11.8. The molecule has 2 aromatic heterocycles. The highest BCUT2D eigenvalue weighted by Crippen LogP contribution is 2.23. The van der Waals surface area contributed by atoms with Crippen LogP contribution in [0.3, 0.4) is 0 Å². The number of aryl methyl sites for hydroxylation is 1. The number of nitrogens with one attached hydrogen (secondary N) is 3. The highest BCUT2D eigenvalue weighted by atomic mass is 19.2. The molecule has 0 saturated heterocycles. The van der Waals surface area contributed by atoms with E-state index in [1.807, 2.05) is 24.4 Å². The SMILES string of the molecule is Cc1cc(NCCc2c[nH]c3ccccc23)nc(Nc2ccc(F)c(F)c2F)n1. The first-order valence-corrected chi connectivity index (χ1v) is 9.06. The Morgan fingerprint density at radius 3 is 2.69 bits per heavy atom. The van der Waals surface area contributed by atoms with Crippen LogP contribution in [0.2, 0.25) is 0 Å². The van der Waals surface area contributed by atoms with Crippen molar-refractivity contribution >= 4 is 28.4 Å². The summed E-state index contributed by atoms with van der Waals surface area (Å²) in [5.41, 5.74) is 2.67. The third kappa shape index (κ3) is 4.01. The Balaban J connectivity index is 1.46. The smallest absolute Gasteiger partial charge is 0.229 e. The number of fused-ring (bicyclic) bond motifs is 1. The molecular weight excluding hydrogens is 379 g/mol. The fourth-order valence-electron chi connectivity index (χ4n) is 3.12. The number of nitrogens with zero attached hydrogens (tertiary/aromatic N) is 2. The number of aromatic nitrogens is 3. The molecule has 0 saturated carbocycles. The summed E-state index contributed by atoms with van der Waals surface area (Å²) in [6.07, 6.45) is 2.75. The second-order valence-electron chi connectivity index (χ2n) is 6.60. The standard InChI is InChI=1S/C21H18F3N5/c1-12-10-18(25-9-8-13-11-26-16-5-3-2-4-14(13)16)29-21(27-12)28-17-7-6-15(22)19(23)20(17)24/h2-7,10-11,26H,8-9H2,1H3,(H2,25,27,28,29). The van der Waals surface area contributed by atoms with Crippen LogP contribution in [0.1, 0.15) is 11.3 Å². The molecule has 0 atom stereocenters. The van der Waals surface area contributed by atoms with Gasteiger partial charge in [-0.2, -0.15) is 4.98 Å². The van der Waals surface area contributed by atoms with Crippen LogP contribution in [-0.4, -0.2) is 21.5 Å². The van der Waals surface area contributed by atoms with Crippen LogP contribution in [0.5, 0.6) is 0 Å². The van der Waals surface area contributed by atoms with Crippen molar-refractivity contribution in [1.82, 2.24) is 15.0 Å². The second-order valence-corrected chi connectivity index (χ2v) is 6.60. The van der Waals surface area contributed by atoms with E-state index < -0.39 is 17.5 Å². The molecule has 0 unspecified atom stereocenters. The lowest BCUT2D eigenvalue weighted by molar-refractivity contribution is 0.449. The van der Waals surface area contributed by atoms with Crippen molar-refractivity contribution in [2.45, 2.75) is 13.3 Å². The molecule has 0 fully saturated rings. The van der Waals surface area contributed by atoms with E-state index in [1.165, 1.54) is 10.9 Å². The van der Waals surface area contributed by atoms with E-state index >= 15 is 0 Å². The number of H-pyrrole nitrogens is 1. The molecule has 4 aromatic rings. The van der Waals surface area contributed by atoms with Gasteiger partial charge in [0.25, 0.3) is 0 Å². The van der Waals surface area contributed by atoms with Crippen molar-refractivity contribution in [3.8, 4) is 0 Å². The number of anilines is 3. The molecule has 2 heterocycles. The molecule has 0 spiro atoms. The van der Waals surface area contributed by atoms with Gasteiger partial charge >= 0.3 is 0 Å². The largest absolute Gasteiger partial charge is 0.370 e. The molecule has 0 aliphatic heterocycles. The molecule has 5 nitrogen and oxygen atoms in total. The highest BCUT2D eigenvalue weighted by Gasteiger charge is 2.14. The molecule has 148 valence electrons. The maximum Gasteiger partial charge on any atom is 0.229 e. The first kappa shape index (κ1) is 18.8. The molecule has 3 N–H and O–H groups in total. The molecule has 0 bridgehead atoms. The summed E-state index contributed by atoms with van der Waals surface area (Å²) < 4.78 is 40.4. The van der Waals surface area contributed by atoms with Crippen LogP contribution in [0.25, 0.3) is 10.9 Å². The first-order valence-electron chi connectivity index (χ1n) is 9.06. The molecular formula is C21H18F3N5. The van der Waals surface area contributed by atoms with E-state index in [9.17, 15) is 13.2 Å². The molecule has 2 aromatic carbocycles. The Hall–Kier alpha value is -3.55. The molecule has 8 heteroatoms. The van der Waals surface area contributed by atoms with Gasteiger partial charge in [-0.1, -0.05) is 18.2 Å². The molecule has 0 aliphatic carbocycles. The van der Waals surface area contributed by atoms with Crippen LogP contribution >= 0.6 is 0 Å². The zero-order chi connectivity index (χ0) is 20.4. The Bertz CT molecular complexity index is 1170. The van der Waals surface area contributed by atoms with Gasteiger partial charge in [-0.25, -0.2) is 18.2 Å².